The van der Waals surface area contributed by atoms with Crippen LogP contribution in [0.1, 0.15) is 23.7 Å². The topological polar surface area (TPSA) is 42.0 Å². The fourth-order valence-electron chi connectivity index (χ4n) is 1.25. The van der Waals surface area contributed by atoms with Gasteiger partial charge in [-0.15, -0.1) is 0 Å². The summed E-state index contributed by atoms with van der Waals surface area (Å²) in [5.74, 6) is -1.62. The molecule has 1 aromatic rings. The molecule has 0 fully saturated rings. The molecular formula is C10H10F4N2O. The Morgan fingerprint density at radius 2 is 2.18 bits per heavy atom. The number of hydrogen-bond acceptors (Lipinski definition) is 2. The molecule has 17 heavy (non-hydrogen) atoms. The average molecular weight is 250 g/mol. The van der Waals surface area contributed by atoms with Gasteiger partial charge >= 0.3 is 6.18 Å². The highest BCUT2D eigenvalue weighted by atomic mass is 19.4. The molecule has 0 bridgehead atoms. The van der Waals surface area contributed by atoms with Crippen molar-refractivity contribution in [3.8, 4) is 0 Å². The zero-order chi connectivity index (χ0) is 13.1. The fourth-order valence-corrected chi connectivity index (χ4v) is 1.25. The molecule has 94 valence electrons. The van der Waals surface area contributed by atoms with Crippen LogP contribution >= 0.6 is 0 Å². The number of hydrogen-bond donors (Lipinski definition) is 1. The lowest BCUT2D eigenvalue weighted by molar-refractivity contribution is -0.138. The molecule has 1 amide bonds. The minimum absolute atomic E-state index is 0.0634. The van der Waals surface area contributed by atoms with Gasteiger partial charge in [0.25, 0.3) is 5.91 Å². The summed E-state index contributed by atoms with van der Waals surface area (Å²) in [4.78, 5) is 14.7. The van der Waals surface area contributed by atoms with E-state index in [1.807, 2.05) is 0 Å². The zero-order valence-electron chi connectivity index (χ0n) is 8.88. The number of carbonyl (C=O) groups excluding carboxylic acids is 1. The van der Waals surface area contributed by atoms with Crippen molar-refractivity contribution < 1.29 is 22.4 Å². The molecule has 0 saturated heterocycles. The number of pyridine rings is 1. The van der Waals surface area contributed by atoms with Gasteiger partial charge in [0.05, 0.1) is 6.42 Å². The third-order valence-electron chi connectivity index (χ3n) is 1.90. The summed E-state index contributed by atoms with van der Waals surface area (Å²) in [6.45, 7) is 1.23. The minimum atomic E-state index is -4.35. The van der Waals surface area contributed by atoms with Crippen LogP contribution in [0.5, 0.6) is 0 Å². The van der Waals surface area contributed by atoms with Crippen LogP contribution in [0.3, 0.4) is 0 Å². The predicted octanol–water partition coefficient (Wildman–Crippen LogP) is 2.29. The van der Waals surface area contributed by atoms with Crippen LogP contribution in [0, 0.1) is 5.95 Å². The highest BCUT2D eigenvalue weighted by Crippen LogP contribution is 2.21. The highest BCUT2D eigenvalue weighted by molar-refractivity contribution is 5.94. The Kier molecular flexibility index (Phi) is 4.03. The van der Waals surface area contributed by atoms with E-state index in [9.17, 15) is 22.4 Å². The second-order valence-corrected chi connectivity index (χ2v) is 3.56. The van der Waals surface area contributed by atoms with Gasteiger partial charge in [0.2, 0.25) is 5.95 Å². The molecule has 0 saturated carbocycles. The first kappa shape index (κ1) is 13.4. The SMILES string of the molecule is CC(CC(F)(F)F)NC(=O)c1ccnc(F)c1. The van der Waals surface area contributed by atoms with E-state index >= 15 is 0 Å². The van der Waals surface area contributed by atoms with Crippen LogP contribution in [0.2, 0.25) is 0 Å². The average Bonchev–Trinajstić information content (AvgIpc) is 2.14. The van der Waals surface area contributed by atoms with Crippen LogP contribution in [-0.4, -0.2) is 23.1 Å². The maximum Gasteiger partial charge on any atom is 0.391 e. The molecule has 0 radical (unpaired) electrons. The molecule has 0 spiro atoms. The van der Waals surface area contributed by atoms with Gasteiger partial charge < -0.3 is 5.32 Å². The number of rotatable bonds is 3. The number of nitrogens with one attached hydrogen (secondary N) is 1. The summed E-state index contributed by atoms with van der Waals surface area (Å²) in [7, 11) is 0. The number of aromatic nitrogens is 1. The monoisotopic (exact) mass is 250 g/mol. The Balaban J connectivity index is 2.61. The molecule has 0 aliphatic carbocycles. The van der Waals surface area contributed by atoms with Crippen LogP contribution < -0.4 is 5.32 Å². The highest BCUT2D eigenvalue weighted by Gasteiger charge is 2.30. The van der Waals surface area contributed by atoms with Crippen molar-refractivity contribution in [2.24, 2.45) is 0 Å². The largest absolute Gasteiger partial charge is 0.391 e. The maximum atomic E-state index is 12.7. The van der Waals surface area contributed by atoms with Crippen molar-refractivity contribution in [2.45, 2.75) is 25.6 Å². The molecule has 3 nitrogen and oxygen atoms in total. The Hall–Kier alpha value is -1.66. The van der Waals surface area contributed by atoms with Gasteiger partial charge in [-0.2, -0.15) is 17.6 Å². The number of halogens is 4. The first-order valence-electron chi connectivity index (χ1n) is 4.77. The summed E-state index contributed by atoms with van der Waals surface area (Å²) in [6.07, 6.45) is -4.42. The number of alkyl halides is 3. The van der Waals surface area contributed by atoms with Crippen molar-refractivity contribution >= 4 is 5.91 Å². The van der Waals surface area contributed by atoms with E-state index in [-0.39, 0.29) is 5.56 Å². The third-order valence-corrected chi connectivity index (χ3v) is 1.90. The zero-order valence-corrected chi connectivity index (χ0v) is 8.88. The second kappa shape index (κ2) is 5.11. The van der Waals surface area contributed by atoms with E-state index in [0.717, 1.165) is 12.3 Å². The lowest BCUT2D eigenvalue weighted by Gasteiger charge is -2.15. The molecule has 0 aliphatic heterocycles. The van der Waals surface area contributed by atoms with Crippen LogP contribution in [-0.2, 0) is 0 Å². The molecule has 7 heteroatoms. The lowest BCUT2D eigenvalue weighted by atomic mass is 10.2. The molecule has 1 atom stereocenters. The fraction of sp³-hybridized carbons (Fsp3) is 0.400. The molecule has 1 heterocycles. The lowest BCUT2D eigenvalue weighted by Crippen LogP contribution is -2.36. The summed E-state index contributed by atoms with van der Waals surface area (Å²) in [5.41, 5.74) is -0.0634. The Bertz CT molecular complexity index is 406. The normalized spacial score (nSPS) is 13.2. The van der Waals surface area contributed by atoms with Gasteiger partial charge in [0.1, 0.15) is 0 Å². The standard InChI is InChI=1S/C10H10F4N2O/c1-6(5-10(12,13)14)16-9(17)7-2-3-15-8(11)4-7/h2-4,6H,5H2,1H3,(H,16,17). The van der Waals surface area contributed by atoms with Gasteiger partial charge in [-0.3, -0.25) is 4.79 Å². The summed E-state index contributed by atoms with van der Waals surface area (Å²) < 4.78 is 48.7. The smallest absolute Gasteiger partial charge is 0.349 e. The molecule has 1 rings (SSSR count). The summed E-state index contributed by atoms with van der Waals surface area (Å²) in [6, 6.07) is 1.01. The molecular weight excluding hydrogens is 240 g/mol. The van der Waals surface area contributed by atoms with Crippen molar-refractivity contribution in [2.75, 3.05) is 0 Å². The molecule has 0 aliphatic rings. The first-order chi connectivity index (χ1) is 7.78. The predicted molar refractivity (Wildman–Crippen MR) is 51.8 cm³/mol. The summed E-state index contributed by atoms with van der Waals surface area (Å²) >= 11 is 0. The van der Waals surface area contributed by atoms with Gasteiger partial charge in [-0.25, -0.2) is 4.98 Å². The van der Waals surface area contributed by atoms with E-state index in [4.69, 9.17) is 0 Å². The Labute approximate surface area is 94.8 Å². The van der Waals surface area contributed by atoms with E-state index in [2.05, 4.69) is 10.3 Å². The van der Waals surface area contributed by atoms with E-state index in [0.29, 0.717) is 0 Å². The molecule has 0 aromatic carbocycles. The Morgan fingerprint density at radius 3 is 2.71 bits per heavy atom. The van der Waals surface area contributed by atoms with Gasteiger partial charge in [-0.1, -0.05) is 0 Å². The number of amides is 1. The molecule has 1 unspecified atom stereocenters. The van der Waals surface area contributed by atoms with E-state index in [1.165, 1.54) is 13.0 Å². The van der Waals surface area contributed by atoms with Crippen LogP contribution in [0.4, 0.5) is 17.6 Å². The first-order valence-corrected chi connectivity index (χ1v) is 4.77. The number of nitrogens with zero attached hydrogens (tertiary/aromatic N) is 1. The van der Waals surface area contributed by atoms with Crippen molar-refractivity contribution in [1.29, 1.82) is 0 Å². The molecule has 1 N–H and O–H groups in total. The summed E-state index contributed by atoms with van der Waals surface area (Å²) in [5, 5.41) is 2.13. The van der Waals surface area contributed by atoms with E-state index < -0.39 is 30.5 Å². The number of carbonyl (C=O) groups is 1. The van der Waals surface area contributed by atoms with Crippen molar-refractivity contribution in [3.63, 3.8) is 0 Å². The quantitative estimate of drug-likeness (QED) is 0.660. The minimum Gasteiger partial charge on any atom is -0.349 e. The van der Waals surface area contributed by atoms with Gasteiger partial charge in [0, 0.05) is 23.9 Å². The van der Waals surface area contributed by atoms with Crippen LogP contribution in [0.15, 0.2) is 18.3 Å². The van der Waals surface area contributed by atoms with Crippen molar-refractivity contribution in [3.05, 3.63) is 29.8 Å². The maximum absolute atomic E-state index is 12.7. The van der Waals surface area contributed by atoms with Crippen molar-refractivity contribution in [1.82, 2.24) is 10.3 Å². The van der Waals surface area contributed by atoms with Crippen LogP contribution in [0.25, 0.3) is 0 Å². The van der Waals surface area contributed by atoms with Gasteiger partial charge in [-0.05, 0) is 13.0 Å². The molecule has 1 aromatic heterocycles. The van der Waals surface area contributed by atoms with E-state index in [1.54, 1.807) is 0 Å². The third kappa shape index (κ3) is 4.80. The second-order valence-electron chi connectivity index (χ2n) is 3.56. The van der Waals surface area contributed by atoms with Gasteiger partial charge in [0.15, 0.2) is 0 Å². The Morgan fingerprint density at radius 1 is 1.53 bits per heavy atom.